The maximum Gasteiger partial charge on any atom is 0.271 e. The van der Waals surface area contributed by atoms with Gasteiger partial charge in [0.15, 0.2) is 0 Å². The summed E-state index contributed by atoms with van der Waals surface area (Å²) in [5, 5.41) is 15.2. The van der Waals surface area contributed by atoms with Gasteiger partial charge in [-0.15, -0.1) is 0 Å². The molecule has 2 aromatic rings. The second-order valence-corrected chi connectivity index (χ2v) is 4.83. The summed E-state index contributed by atoms with van der Waals surface area (Å²) < 4.78 is 0. The molecule has 0 bridgehead atoms. The van der Waals surface area contributed by atoms with Crippen molar-refractivity contribution in [2.24, 2.45) is 5.10 Å². The molecule has 1 amide bonds. The topological polar surface area (TPSA) is 84.6 Å². The minimum Gasteiger partial charge on any atom is -0.267 e. The Morgan fingerprint density at radius 1 is 1.23 bits per heavy atom. The number of hydrogen-bond acceptors (Lipinski definition) is 4. The number of nitro groups is 1. The smallest absolute Gasteiger partial charge is 0.267 e. The van der Waals surface area contributed by atoms with Gasteiger partial charge in [0.25, 0.3) is 11.6 Å². The van der Waals surface area contributed by atoms with Crippen molar-refractivity contribution in [3.8, 4) is 0 Å². The molecular formula is C15H12ClN3O3. The molecule has 0 atom stereocenters. The summed E-state index contributed by atoms with van der Waals surface area (Å²) in [5.74, 6) is -0.532. The third-order valence-electron chi connectivity index (χ3n) is 2.91. The van der Waals surface area contributed by atoms with E-state index in [0.717, 1.165) is 0 Å². The van der Waals surface area contributed by atoms with Gasteiger partial charge in [-0.05, 0) is 19.1 Å². The molecule has 0 aliphatic rings. The van der Waals surface area contributed by atoms with E-state index in [1.54, 1.807) is 25.1 Å². The molecule has 0 aliphatic carbocycles. The Morgan fingerprint density at radius 2 is 1.95 bits per heavy atom. The first kappa shape index (κ1) is 15.7. The SMILES string of the molecule is CC(=NNC(=O)c1cccc([N+](=O)[O-])c1)c1ccccc1Cl. The molecule has 2 aromatic carbocycles. The van der Waals surface area contributed by atoms with Gasteiger partial charge in [-0.1, -0.05) is 35.9 Å². The van der Waals surface area contributed by atoms with Crippen molar-refractivity contribution in [2.45, 2.75) is 6.92 Å². The van der Waals surface area contributed by atoms with Gasteiger partial charge in [-0.25, -0.2) is 5.43 Å². The molecule has 0 fully saturated rings. The first-order valence-electron chi connectivity index (χ1n) is 6.33. The third kappa shape index (κ3) is 3.67. The molecule has 1 N–H and O–H groups in total. The summed E-state index contributed by atoms with van der Waals surface area (Å²) >= 11 is 6.04. The van der Waals surface area contributed by atoms with Gasteiger partial charge in [0.05, 0.1) is 10.6 Å². The highest BCUT2D eigenvalue weighted by Crippen LogP contribution is 2.16. The number of carbonyl (C=O) groups is 1. The van der Waals surface area contributed by atoms with Crippen LogP contribution in [0.15, 0.2) is 53.6 Å². The molecule has 112 valence electrons. The van der Waals surface area contributed by atoms with E-state index in [-0.39, 0.29) is 11.3 Å². The van der Waals surface area contributed by atoms with Crippen LogP contribution in [0.2, 0.25) is 5.02 Å². The van der Waals surface area contributed by atoms with Crippen LogP contribution in [0.25, 0.3) is 0 Å². The van der Waals surface area contributed by atoms with E-state index in [2.05, 4.69) is 10.5 Å². The summed E-state index contributed by atoms with van der Waals surface area (Å²) in [6.45, 7) is 1.70. The number of carbonyl (C=O) groups excluding carboxylic acids is 1. The minimum atomic E-state index is -0.560. The van der Waals surface area contributed by atoms with Gasteiger partial charge in [0, 0.05) is 28.3 Å². The number of halogens is 1. The first-order chi connectivity index (χ1) is 10.5. The van der Waals surface area contributed by atoms with Crippen LogP contribution in [-0.2, 0) is 0 Å². The zero-order chi connectivity index (χ0) is 16.1. The average Bonchev–Trinajstić information content (AvgIpc) is 2.52. The lowest BCUT2D eigenvalue weighted by molar-refractivity contribution is -0.384. The lowest BCUT2D eigenvalue weighted by Gasteiger charge is -2.04. The van der Waals surface area contributed by atoms with E-state index in [1.165, 1.54) is 24.3 Å². The fraction of sp³-hybridized carbons (Fsp3) is 0.0667. The van der Waals surface area contributed by atoms with Crippen molar-refractivity contribution in [1.82, 2.24) is 5.43 Å². The molecule has 0 unspecified atom stereocenters. The number of nitrogens with one attached hydrogen (secondary N) is 1. The molecule has 6 nitrogen and oxygen atoms in total. The summed E-state index contributed by atoms with van der Waals surface area (Å²) in [6.07, 6.45) is 0. The van der Waals surface area contributed by atoms with Crippen molar-refractivity contribution < 1.29 is 9.72 Å². The Morgan fingerprint density at radius 3 is 2.64 bits per heavy atom. The monoisotopic (exact) mass is 317 g/mol. The van der Waals surface area contributed by atoms with Crippen molar-refractivity contribution in [3.05, 3.63) is 74.8 Å². The number of nitrogens with zero attached hydrogens (tertiary/aromatic N) is 2. The van der Waals surface area contributed by atoms with Crippen molar-refractivity contribution in [3.63, 3.8) is 0 Å². The Balaban J connectivity index is 2.16. The molecule has 0 aliphatic heterocycles. The van der Waals surface area contributed by atoms with Gasteiger partial charge in [-0.3, -0.25) is 14.9 Å². The Kier molecular flexibility index (Phi) is 4.85. The van der Waals surface area contributed by atoms with Crippen LogP contribution in [0, 0.1) is 10.1 Å². The summed E-state index contributed by atoms with van der Waals surface area (Å²) in [7, 11) is 0. The van der Waals surface area contributed by atoms with E-state index < -0.39 is 10.8 Å². The maximum atomic E-state index is 12.0. The number of non-ortho nitro benzene ring substituents is 1. The van der Waals surface area contributed by atoms with Crippen molar-refractivity contribution in [2.75, 3.05) is 0 Å². The molecule has 0 radical (unpaired) electrons. The van der Waals surface area contributed by atoms with Gasteiger partial charge in [-0.2, -0.15) is 5.10 Å². The standard InChI is InChI=1S/C15H12ClN3O3/c1-10(13-7-2-3-8-14(13)16)17-18-15(20)11-5-4-6-12(9-11)19(21)22/h2-9H,1H3,(H,18,20). The molecule has 0 spiro atoms. The van der Waals surface area contributed by atoms with Crippen LogP contribution in [-0.4, -0.2) is 16.5 Å². The zero-order valence-electron chi connectivity index (χ0n) is 11.6. The Labute approximate surface area is 131 Å². The first-order valence-corrected chi connectivity index (χ1v) is 6.71. The minimum absolute atomic E-state index is 0.153. The summed E-state index contributed by atoms with van der Waals surface area (Å²) in [6, 6.07) is 12.5. The highest BCUT2D eigenvalue weighted by molar-refractivity contribution is 6.34. The van der Waals surface area contributed by atoms with Gasteiger partial charge >= 0.3 is 0 Å². The van der Waals surface area contributed by atoms with Crippen molar-refractivity contribution in [1.29, 1.82) is 0 Å². The highest BCUT2D eigenvalue weighted by atomic mass is 35.5. The van der Waals surface area contributed by atoms with Crippen molar-refractivity contribution >= 4 is 28.9 Å². The highest BCUT2D eigenvalue weighted by Gasteiger charge is 2.11. The summed E-state index contributed by atoms with van der Waals surface area (Å²) in [5.41, 5.74) is 3.59. The molecule has 22 heavy (non-hydrogen) atoms. The quantitative estimate of drug-likeness (QED) is 0.533. The molecule has 0 aromatic heterocycles. The van der Waals surface area contributed by atoms with Crippen LogP contribution in [0.1, 0.15) is 22.8 Å². The number of hydrogen-bond donors (Lipinski definition) is 1. The number of benzene rings is 2. The molecule has 0 saturated carbocycles. The van der Waals surface area contributed by atoms with Gasteiger partial charge < -0.3 is 0 Å². The largest absolute Gasteiger partial charge is 0.271 e. The predicted molar refractivity (Wildman–Crippen MR) is 84.2 cm³/mol. The molecule has 7 heteroatoms. The number of nitro benzene ring substituents is 1. The van der Waals surface area contributed by atoms with Crippen LogP contribution in [0.4, 0.5) is 5.69 Å². The van der Waals surface area contributed by atoms with Crippen LogP contribution in [0.3, 0.4) is 0 Å². The molecule has 2 rings (SSSR count). The van der Waals surface area contributed by atoms with E-state index in [9.17, 15) is 14.9 Å². The van der Waals surface area contributed by atoms with E-state index in [4.69, 9.17) is 11.6 Å². The Hall–Kier alpha value is -2.73. The number of amides is 1. The van der Waals surface area contributed by atoms with Crippen LogP contribution < -0.4 is 5.43 Å². The normalized spacial score (nSPS) is 11.1. The zero-order valence-corrected chi connectivity index (χ0v) is 12.4. The second-order valence-electron chi connectivity index (χ2n) is 4.43. The van der Waals surface area contributed by atoms with E-state index >= 15 is 0 Å². The van der Waals surface area contributed by atoms with Gasteiger partial charge in [0.2, 0.25) is 0 Å². The molecule has 0 heterocycles. The maximum absolute atomic E-state index is 12.0. The van der Waals surface area contributed by atoms with E-state index in [1.807, 2.05) is 6.07 Å². The fourth-order valence-corrected chi connectivity index (χ4v) is 2.05. The number of hydrazone groups is 1. The Bertz CT molecular complexity index is 759. The molecular weight excluding hydrogens is 306 g/mol. The lowest BCUT2D eigenvalue weighted by atomic mass is 10.1. The predicted octanol–water partition coefficient (Wildman–Crippen LogP) is 3.40. The molecule has 0 saturated heterocycles. The number of rotatable bonds is 4. The summed E-state index contributed by atoms with van der Waals surface area (Å²) in [4.78, 5) is 22.1. The lowest BCUT2D eigenvalue weighted by Crippen LogP contribution is -2.19. The fourth-order valence-electron chi connectivity index (χ4n) is 1.77. The van der Waals surface area contributed by atoms with Crippen LogP contribution >= 0.6 is 11.6 Å². The van der Waals surface area contributed by atoms with E-state index in [0.29, 0.717) is 16.3 Å². The third-order valence-corrected chi connectivity index (χ3v) is 3.24. The van der Waals surface area contributed by atoms with Crippen LogP contribution in [0.5, 0.6) is 0 Å². The average molecular weight is 318 g/mol. The second kappa shape index (κ2) is 6.82. The van der Waals surface area contributed by atoms with Gasteiger partial charge in [0.1, 0.15) is 0 Å².